The Morgan fingerprint density at radius 2 is 2.15 bits per heavy atom. The Bertz CT molecular complexity index is 623. The molecule has 2 aromatic rings. The van der Waals surface area contributed by atoms with Gasteiger partial charge in [0.2, 0.25) is 0 Å². The van der Waals surface area contributed by atoms with Crippen LogP contribution in [0, 0.1) is 4.91 Å². The molecular weight excluding hydrogens is 260 g/mol. The molecule has 1 heterocycles. The van der Waals surface area contributed by atoms with Crippen molar-refractivity contribution in [2.75, 3.05) is 5.32 Å². The Balaban J connectivity index is 2.30. The summed E-state index contributed by atoms with van der Waals surface area (Å²) in [5.41, 5.74) is 1.48. The largest absolute Gasteiger partial charge is 0.373 e. The Morgan fingerprint density at radius 3 is 2.80 bits per heavy atom. The van der Waals surface area contributed by atoms with Gasteiger partial charge in [0.15, 0.2) is 16.8 Å². The Labute approximate surface area is 115 Å². The van der Waals surface area contributed by atoms with Crippen LogP contribution in [0.15, 0.2) is 21.9 Å². The number of nitrogens with zero attached hydrogens (tertiary/aromatic N) is 3. The lowest BCUT2D eigenvalue weighted by Gasteiger charge is -2.16. The van der Waals surface area contributed by atoms with E-state index in [0.29, 0.717) is 16.7 Å². The van der Waals surface area contributed by atoms with Crippen molar-refractivity contribution in [3.8, 4) is 0 Å². The van der Waals surface area contributed by atoms with E-state index in [9.17, 15) is 9.70 Å². The number of fused-ring (bicyclic) bond motifs is 1. The summed E-state index contributed by atoms with van der Waals surface area (Å²) in [7, 11) is 0. The number of benzene rings is 1. The van der Waals surface area contributed by atoms with Gasteiger partial charge in [0.25, 0.3) is 0 Å². The first kappa shape index (κ1) is 14.1. The van der Waals surface area contributed by atoms with Crippen LogP contribution in [0.1, 0.15) is 33.1 Å². The molecule has 0 radical (unpaired) electrons. The van der Waals surface area contributed by atoms with Crippen molar-refractivity contribution in [3.63, 3.8) is 0 Å². The molecule has 106 valence electrons. The molecule has 7 nitrogen and oxygen atoms in total. The third kappa shape index (κ3) is 2.81. The van der Waals surface area contributed by atoms with Crippen LogP contribution >= 0.6 is 0 Å². The van der Waals surface area contributed by atoms with E-state index in [1.54, 1.807) is 13.0 Å². The van der Waals surface area contributed by atoms with Crippen molar-refractivity contribution < 1.29 is 9.42 Å². The smallest absolute Gasteiger partial charge is 0.166 e. The second kappa shape index (κ2) is 6.23. The lowest BCUT2D eigenvalue weighted by molar-refractivity contribution is -0.117. The fourth-order valence-electron chi connectivity index (χ4n) is 2.02. The molecule has 0 fully saturated rings. The zero-order valence-corrected chi connectivity index (χ0v) is 11.4. The molecule has 20 heavy (non-hydrogen) atoms. The number of carbonyl (C=O) groups is 1. The molecule has 1 aromatic heterocycles. The second-order valence-electron chi connectivity index (χ2n) is 4.63. The van der Waals surface area contributed by atoms with Crippen LogP contribution in [-0.4, -0.2) is 22.1 Å². The quantitative estimate of drug-likeness (QED) is 0.780. The average Bonchev–Trinajstić information content (AvgIpc) is 2.92. The summed E-state index contributed by atoms with van der Waals surface area (Å²) >= 11 is 0. The summed E-state index contributed by atoms with van der Waals surface area (Å²) < 4.78 is 4.65. The van der Waals surface area contributed by atoms with Gasteiger partial charge in [-0.25, -0.2) is 4.63 Å². The third-order valence-electron chi connectivity index (χ3n) is 3.16. The van der Waals surface area contributed by atoms with Gasteiger partial charge in [-0.15, -0.1) is 4.91 Å². The minimum atomic E-state index is -0.287. The maximum atomic E-state index is 11.7. The fourth-order valence-corrected chi connectivity index (χ4v) is 2.02. The molecule has 1 N–H and O–H groups in total. The number of nitrogens with one attached hydrogen (secondary N) is 1. The van der Waals surface area contributed by atoms with Crippen LogP contribution in [0.5, 0.6) is 0 Å². The molecule has 0 spiro atoms. The van der Waals surface area contributed by atoms with Gasteiger partial charge in [0.1, 0.15) is 5.69 Å². The average molecular weight is 276 g/mol. The summed E-state index contributed by atoms with van der Waals surface area (Å²) in [5.74, 6) is 0.0562. The van der Waals surface area contributed by atoms with Crippen LogP contribution in [0.25, 0.3) is 11.0 Å². The van der Waals surface area contributed by atoms with Gasteiger partial charge < -0.3 is 5.32 Å². The van der Waals surface area contributed by atoms with Gasteiger partial charge in [-0.1, -0.05) is 19.8 Å². The maximum absolute atomic E-state index is 11.7. The number of unbranched alkanes of at least 4 members (excludes halogenated alkanes) is 1. The molecular formula is C13H16N4O3. The molecule has 1 aromatic carbocycles. The molecule has 1 atom stereocenters. The van der Waals surface area contributed by atoms with E-state index < -0.39 is 0 Å². The van der Waals surface area contributed by atoms with Crippen LogP contribution < -0.4 is 5.32 Å². The summed E-state index contributed by atoms with van der Waals surface area (Å²) in [6.45, 7) is 3.62. The molecule has 2 rings (SSSR count). The minimum Gasteiger partial charge on any atom is -0.373 e. The van der Waals surface area contributed by atoms with E-state index in [4.69, 9.17) is 0 Å². The van der Waals surface area contributed by atoms with Crippen LogP contribution in [0.2, 0.25) is 0 Å². The number of hydrogen-bond acceptors (Lipinski definition) is 7. The highest BCUT2D eigenvalue weighted by molar-refractivity contribution is 5.96. The lowest BCUT2D eigenvalue weighted by atomic mass is 10.1. The van der Waals surface area contributed by atoms with E-state index in [2.05, 4.69) is 32.4 Å². The first-order chi connectivity index (χ1) is 9.67. The van der Waals surface area contributed by atoms with Crippen molar-refractivity contribution in [3.05, 3.63) is 17.0 Å². The highest BCUT2D eigenvalue weighted by atomic mass is 16.6. The SMILES string of the molecule is CCCCC(Nc1ccc(N=O)c2nonc12)C(C)=O. The van der Waals surface area contributed by atoms with E-state index in [1.165, 1.54) is 6.07 Å². The van der Waals surface area contributed by atoms with Gasteiger partial charge in [-0.05, 0) is 41.0 Å². The number of nitroso groups, excluding NO2 is 1. The van der Waals surface area contributed by atoms with E-state index in [0.717, 1.165) is 19.3 Å². The highest BCUT2D eigenvalue weighted by Gasteiger charge is 2.18. The highest BCUT2D eigenvalue weighted by Crippen LogP contribution is 2.29. The van der Waals surface area contributed by atoms with E-state index >= 15 is 0 Å². The molecule has 0 bridgehead atoms. The second-order valence-corrected chi connectivity index (χ2v) is 4.63. The zero-order chi connectivity index (χ0) is 14.5. The normalized spacial score (nSPS) is 12.3. The van der Waals surface area contributed by atoms with Gasteiger partial charge in [0, 0.05) is 0 Å². The minimum absolute atomic E-state index is 0.0562. The monoisotopic (exact) mass is 276 g/mol. The molecule has 7 heteroatoms. The summed E-state index contributed by atoms with van der Waals surface area (Å²) in [4.78, 5) is 22.3. The number of rotatable bonds is 7. The molecule has 0 saturated heterocycles. The summed E-state index contributed by atoms with van der Waals surface area (Å²) in [5, 5.41) is 13.4. The van der Waals surface area contributed by atoms with Crippen LogP contribution in [-0.2, 0) is 4.79 Å². The number of ketones is 1. The van der Waals surface area contributed by atoms with E-state index in [-0.39, 0.29) is 17.5 Å². The predicted octanol–water partition coefficient (Wildman–Crippen LogP) is 3.18. The van der Waals surface area contributed by atoms with Gasteiger partial charge in [0.05, 0.1) is 11.7 Å². The van der Waals surface area contributed by atoms with Gasteiger partial charge >= 0.3 is 0 Å². The Kier molecular flexibility index (Phi) is 4.39. The number of Topliss-reactive ketones (excluding diaryl/α,β-unsaturated/α-hetero) is 1. The van der Waals surface area contributed by atoms with Crippen LogP contribution in [0.4, 0.5) is 11.4 Å². The van der Waals surface area contributed by atoms with Crippen molar-refractivity contribution in [2.45, 2.75) is 39.2 Å². The Hall–Kier alpha value is -2.31. The fraction of sp³-hybridized carbons (Fsp3) is 0.462. The number of hydrogen-bond donors (Lipinski definition) is 1. The van der Waals surface area contributed by atoms with Crippen molar-refractivity contribution >= 4 is 28.2 Å². The van der Waals surface area contributed by atoms with Crippen molar-refractivity contribution in [1.29, 1.82) is 0 Å². The first-order valence-corrected chi connectivity index (χ1v) is 6.53. The maximum Gasteiger partial charge on any atom is 0.166 e. The number of anilines is 1. The first-order valence-electron chi connectivity index (χ1n) is 6.53. The third-order valence-corrected chi connectivity index (χ3v) is 3.16. The predicted molar refractivity (Wildman–Crippen MR) is 74.9 cm³/mol. The Morgan fingerprint density at radius 1 is 1.40 bits per heavy atom. The molecule has 0 saturated carbocycles. The van der Waals surface area contributed by atoms with Crippen molar-refractivity contribution in [1.82, 2.24) is 10.3 Å². The molecule has 0 amide bonds. The topological polar surface area (TPSA) is 97.5 Å². The molecule has 1 unspecified atom stereocenters. The zero-order valence-electron chi connectivity index (χ0n) is 11.4. The van der Waals surface area contributed by atoms with E-state index in [1.807, 2.05) is 0 Å². The molecule has 0 aliphatic carbocycles. The molecule has 0 aliphatic rings. The number of carbonyl (C=O) groups excluding carboxylic acids is 1. The van der Waals surface area contributed by atoms with Crippen molar-refractivity contribution in [2.24, 2.45) is 5.18 Å². The summed E-state index contributed by atoms with van der Waals surface area (Å²) in [6.07, 6.45) is 2.71. The standard InChI is InChI=1S/C13H16N4O3/c1-3-4-5-9(8(2)18)14-10-6-7-11(15-19)13-12(10)16-20-17-13/h6-7,9,14H,3-5H2,1-2H3. The molecule has 0 aliphatic heterocycles. The number of aromatic nitrogens is 2. The van der Waals surface area contributed by atoms with Crippen LogP contribution in [0.3, 0.4) is 0 Å². The summed E-state index contributed by atoms with van der Waals surface area (Å²) in [6, 6.07) is 2.90. The van der Waals surface area contributed by atoms with Gasteiger partial charge in [-0.2, -0.15) is 0 Å². The van der Waals surface area contributed by atoms with Gasteiger partial charge in [-0.3, -0.25) is 4.79 Å². The lowest BCUT2D eigenvalue weighted by Crippen LogP contribution is -2.27.